The molecule has 0 saturated carbocycles. The summed E-state index contributed by atoms with van der Waals surface area (Å²) in [5.74, 6) is 0.909. The van der Waals surface area contributed by atoms with Gasteiger partial charge in [0.2, 0.25) is 5.91 Å². The van der Waals surface area contributed by atoms with E-state index in [-0.39, 0.29) is 18.0 Å². The van der Waals surface area contributed by atoms with Crippen LogP contribution in [0.25, 0.3) is 0 Å². The average Bonchev–Trinajstić information content (AvgIpc) is 2.45. The van der Waals surface area contributed by atoms with E-state index in [9.17, 15) is 4.79 Å². The van der Waals surface area contributed by atoms with Gasteiger partial charge in [0.1, 0.15) is 0 Å². The minimum atomic E-state index is -0.387. The molecule has 0 aromatic heterocycles. The van der Waals surface area contributed by atoms with Crippen molar-refractivity contribution >= 4 is 17.7 Å². The summed E-state index contributed by atoms with van der Waals surface area (Å²) in [6.45, 7) is 0. The van der Waals surface area contributed by atoms with Gasteiger partial charge in [-0.1, -0.05) is 24.3 Å². The summed E-state index contributed by atoms with van der Waals surface area (Å²) in [7, 11) is 0. The molecule has 1 aromatic carbocycles. The smallest absolute Gasteiger partial charge is 0.237 e. The van der Waals surface area contributed by atoms with Gasteiger partial charge < -0.3 is 11.1 Å². The van der Waals surface area contributed by atoms with E-state index in [2.05, 4.69) is 23.5 Å². The number of hydrogen-bond donors (Lipinski definition) is 2. The Hall–Kier alpha value is -1.00. The Morgan fingerprint density at radius 2 is 2.32 bits per heavy atom. The number of hydrogen-bond acceptors (Lipinski definition) is 3. The Balaban J connectivity index is 1.98. The monoisotopic (exact) mass is 278 g/mol. The van der Waals surface area contributed by atoms with E-state index in [1.165, 1.54) is 11.1 Å². The van der Waals surface area contributed by atoms with Crippen molar-refractivity contribution in [1.29, 1.82) is 0 Å². The average molecular weight is 278 g/mol. The predicted molar refractivity (Wildman–Crippen MR) is 81.2 cm³/mol. The maximum absolute atomic E-state index is 12.1. The van der Waals surface area contributed by atoms with Gasteiger partial charge in [0.15, 0.2) is 0 Å². The molecule has 104 valence electrons. The molecule has 1 unspecified atom stereocenters. The van der Waals surface area contributed by atoms with E-state index in [0.717, 1.165) is 31.4 Å². The molecule has 1 amide bonds. The number of carbonyl (C=O) groups excluding carboxylic acids is 1. The normalized spacial score (nSPS) is 19.6. The minimum Gasteiger partial charge on any atom is -0.348 e. The fourth-order valence-electron chi connectivity index (χ4n) is 2.56. The third kappa shape index (κ3) is 3.74. The molecule has 3 N–H and O–H groups in total. The molecule has 0 spiro atoms. The topological polar surface area (TPSA) is 55.1 Å². The molecule has 0 heterocycles. The maximum Gasteiger partial charge on any atom is 0.237 e. The molecule has 2 rings (SSSR count). The molecule has 1 aromatic rings. The first-order valence-electron chi connectivity index (χ1n) is 6.85. The Bertz CT molecular complexity index is 436. The molecule has 0 bridgehead atoms. The molecule has 0 saturated heterocycles. The summed E-state index contributed by atoms with van der Waals surface area (Å²) >= 11 is 1.72. The van der Waals surface area contributed by atoms with Crippen LogP contribution in [0.2, 0.25) is 0 Å². The van der Waals surface area contributed by atoms with Crippen molar-refractivity contribution in [1.82, 2.24) is 5.32 Å². The Morgan fingerprint density at radius 3 is 3.11 bits per heavy atom. The fourth-order valence-corrected chi connectivity index (χ4v) is 3.05. The van der Waals surface area contributed by atoms with Crippen molar-refractivity contribution in [3.63, 3.8) is 0 Å². The number of carbonyl (C=O) groups is 1. The summed E-state index contributed by atoms with van der Waals surface area (Å²) in [6, 6.07) is 8.12. The van der Waals surface area contributed by atoms with Crippen molar-refractivity contribution < 1.29 is 4.79 Å². The number of nitrogens with two attached hydrogens (primary N) is 1. The van der Waals surface area contributed by atoms with Crippen LogP contribution in [0.15, 0.2) is 24.3 Å². The van der Waals surface area contributed by atoms with Crippen molar-refractivity contribution in [2.75, 3.05) is 12.0 Å². The first-order valence-corrected chi connectivity index (χ1v) is 8.24. The molecular weight excluding hydrogens is 256 g/mol. The molecule has 0 fully saturated rings. The van der Waals surface area contributed by atoms with Gasteiger partial charge in [0.25, 0.3) is 0 Å². The SMILES string of the molecule is CSCC[C@H](N)C(=O)NC1CCCc2ccccc21. The number of rotatable bonds is 5. The lowest BCUT2D eigenvalue weighted by molar-refractivity contribution is -0.123. The van der Waals surface area contributed by atoms with Gasteiger partial charge in [-0.2, -0.15) is 11.8 Å². The fraction of sp³-hybridized carbons (Fsp3) is 0.533. The van der Waals surface area contributed by atoms with E-state index in [0.29, 0.717) is 0 Å². The number of aryl methyl sites for hydroxylation is 1. The van der Waals surface area contributed by atoms with E-state index < -0.39 is 0 Å². The van der Waals surface area contributed by atoms with Crippen LogP contribution in [0.4, 0.5) is 0 Å². The summed E-state index contributed by atoms with van der Waals surface area (Å²) < 4.78 is 0. The highest BCUT2D eigenvalue weighted by molar-refractivity contribution is 7.98. The van der Waals surface area contributed by atoms with Gasteiger partial charge in [-0.15, -0.1) is 0 Å². The van der Waals surface area contributed by atoms with Gasteiger partial charge in [-0.3, -0.25) is 4.79 Å². The second-order valence-electron chi connectivity index (χ2n) is 5.04. The molecule has 1 aliphatic rings. The molecule has 1 aliphatic carbocycles. The lowest BCUT2D eigenvalue weighted by Gasteiger charge is -2.27. The number of benzene rings is 1. The summed E-state index contributed by atoms with van der Waals surface area (Å²) in [6.07, 6.45) is 6.02. The summed E-state index contributed by atoms with van der Waals surface area (Å²) in [5, 5.41) is 3.11. The van der Waals surface area contributed by atoms with Gasteiger partial charge in [-0.05, 0) is 48.8 Å². The van der Waals surface area contributed by atoms with Crippen LogP contribution in [0.5, 0.6) is 0 Å². The lowest BCUT2D eigenvalue weighted by atomic mass is 9.87. The molecule has 0 radical (unpaired) electrons. The van der Waals surface area contributed by atoms with Crippen LogP contribution in [-0.2, 0) is 11.2 Å². The van der Waals surface area contributed by atoms with Gasteiger partial charge in [0.05, 0.1) is 12.1 Å². The quantitative estimate of drug-likeness (QED) is 0.868. The third-order valence-corrected chi connectivity index (χ3v) is 4.30. The van der Waals surface area contributed by atoms with Crippen molar-refractivity contribution in [3.8, 4) is 0 Å². The van der Waals surface area contributed by atoms with E-state index in [1.807, 2.05) is 12.3 Å². The second-order valence-corrected chi connectivity index (χ2v) is 6.03. The van der Waals surface area contributed by atoms with Crippen molar-refractivity contribution in [2.24, 2.45) is 5.73 Å². The van der Waals surface area contributed by atoms with E-state index >= 15 is 0 Å². The zero-order chi connectivity index (χ0) is 13.7. The van der Waals surface area contributed by atoms with Gasteiger partial charge in [-0.25, -0.2) is 0 Å². The number of fused-ring (bicyclic) bond motifs is 1. The first-order chi connectivity index (χ1) is 9.22. The number of thioether (sulfide) groups is 1. The number of amides is 1. The van der Waals surface area contributed by atoms with Gasteiger partial charge in [0, 0.05) is 0 Å². The van der Waals surface area contributed by atoms with Crippen molar-refractivity contribution in [2.45, 2.75) is 37.8 Å². The Morgan fingerprint density at radius 1 is 1.53 bits per heavy atom. The predicted octanol–water partition coefficient (Wildman–Crippen LogP) is 2.26. The third-order valence-electron chi connectivity index (χ3n) is 3.66. The van der Waals surface area contributed by atoms with Crippen LogP contribution < -0.4 is 11.1 Å². The first kappa shape index (κ1) is 14.4. The molecule has 3 nitrogen and oxygen atoms in total. The van der Waals surface area contributed by atoms with Crippen LogP contribution in [-0.4, -0.2) is 24.0 Å². The zero-order valence-corrected chi connectivity index (χ0v) is 12.2. The molecule has 0 aliphatic heterocycles. The van der Waals surface area contributed by atoms with E-state index in [4.69, 9.17) is 5.73 Å². The lowest BCUT2D eigenvalue weighted by Crippen LogP contribution is -2.43. The molecule has 2 atom stereocenters. The summed E-state index contributed by atoms with van der Waals surface area (Å²) in [4.78, 5) is 12.1. The maximum atomic E-state index is 12.1. The Labute approximate surface area is 119 Å². The highest BCUT2D eigenvalue weighted by Crippen LogP contribution is 2.29. The molecule has 4 heteroatoms. The standard InChI is InChI=1S/C15H22N2OS/c1-19-10-9-13(16)15(18)17-14-8-4-6-11-5-2-3-7-12(11)14/h2-3,5,7,13-14H,4,6,8-10,16H2,1H3,(H,17,18)/t13-,14?/m0/s1. The zero-order valence-electron chi connectivity index (χ0n) is 11.4. The summed E-state index contributed by atoms with van der Waals surface area (Å²) in [5.41, 5.74) is 8.54. The van der Waals surface area contributed by atoms with E-state index in [1.54, 1.807) is 11.8 Å². The Kier molecular flexibility index (Phi) is 5.28. The van der Waals surface area contributed by atoms with Crippen LogP contribution in [0.3, 0.4) is 0 Å². The van der Waals surface area contributed by atoms with Crippen LogP contribution >= 0.6 is 11.8 Å². The number of nitrogens with one attached hydrogen (secondary N) is 1. The minimum absolute atomic E-state index is 0.0178. The van der Waals surface area contributed by atoms with Crippen LogP contribution in [0.1, 0.15) is 36.4 Å². The highest BCUT2D eigenvalue weighted by Gasteiger charge is 2.23. The second kappa shape index (κ2) is 6.96. The largest absolute Gasteiger partial charge is 0.348 e. The highest BCUT2D eigenvalue weighted by atomic mass is 32.2. The van der Waals surface area contributed by atoms with Crippen molar-refractivity contribution in [3.05, 3.63) is 35.4 Å². The van der Waals surface area contributed by atoms with Gasteiger partial charge >= 0.3 is 0 Å². The molecule has 19 heavy (non-hydrogen) atoms. The van der Waals surface area contributed by atoms with Crippen LogP contribution in [0, 0.1) is 0 Å². The molecular formula is C15H22N2OS.